The Balaban J connectivity index is 1.74. The largest absolute Gasteiger partial charge is 0.358 e. The van der Waals surface area contributed by atoms with Crippen LogP contribution in [-0.4, -0.2) is 29.5 Å². The van der Waals surface area contributed by atoms with Crippen LogP contribution in [0.25, 0.3) is 27.8 Å². The van der Waals surface area contributed by atoms with Crippen LogP contribution in [0.4, 0.5) is 5.82 Å². The van der Waals surface area contributed by atoms with Gasteiger partial charge in [0, 0.05) is 10.0 Å². The molecule has 0 fully saturated rings. The summed E-state index contributed by atoms with van der Waals surface area (Å²) in [7, 11) is 0. The molecule has 0 saturated heterocycles. The molecule has 0 aliphatic heterocycles. The Hall–Kier alpha value is -3.49. The first-order valence-corrected chi connectivity index (χ1v) is 10.6. The van der Waals surface area contributed by atoms with Crippen molar-refractivity contribution in [2.24, 2.45) is 0 Å². The normalized spacial score (nSPS) is 12.4. The van der Waals surface area contributed by atoms with E-state index in [1.807, 2.05) is 32.0 Å². The third-order valence-corrected chi connectivity index (χ3v) is 5.64. The van der Waals surface area contributed by atoms with Crippen molar-refractivity contribution in [3.05, 3.63) is 80.8 Å². The maximum atomic E-state index is 13.7. The van der Waals surface area contributed by atoms with E-state index in [0.29, 0.717) is 49.4 Å². The Morgan fingerprint density at radius 3 is 2.66 bits per heavy atom. The third-order valence-electron chi connectivity index (χ3n) is 5.20. The summed E-state index contributed by atoms with van der Waals surface area (Å²) in [5, 5.41) is 4.71. The molecule has 0 aliphatic rings. The summed E-state index contributed by atoms with van der Waals surface area (Å²) in [6.45, 7) is 3.79. The first-order chi connectivity index (χ1) is 15.4. The Morgan fingerprint density at radius 1 is 1.09 bits per heavy atom. The molecule has 0 aliphatic carbocycles. The molecule has 0 spiro atoms. The number of hydrogen-bond donors (Lipinski definition) is 2. The minimum absolute atomic E-state index is 0.204. The molecule has 5 aromatic rings. The van der Waals surface area contributed by atoms with E-state index in [1.165, 1.54) is 10.9 Å². The van der Waals surface area contributed by atoms with Crippen molar-refractivity contribution >= 4 is 51.1 Å². The van der Waals surface area contributed by atoms with Crippen LogP contribution in [0.2, 0.25) is 10.0 Å². The van der Waals surface area contributed by atoms with Crippen molar-refractivity contribution in [1.82, 2.24) is 29.5 Å². The number of rotatable bonds is 4. The summed E-state index contributed by atoms with van der Waals surface area (Å²) in [5.41, 5.74) is 2.97. The number of benzene rings is 2. The van der Waals surface area contributed by atoms with E-state index in [9.17, 15) is 4.79 Å². The molecular weight excluding hydrogens is 449 g/mol. The number of H-pyrrole nitrogens is 1. The van der Waals surface area contributed by atoms with E-state index in [2.05, 4.69) is 25.3 Å². The zero-order valence-electron chi connectivity index (χ0n) is 17.1. The topological polar surface area (TPSA) is 101 Å². The standard InChI is InChI=1S/C22H17Cl2N7O/c1-11-4-3-5-16-17(11)22(32)31(15-7-13(23)6-14(24)8-15)21(30-16)12(2)29-20-18-19(26-9-25-18)27-10-28-20/h3-10,12H,1-2H3,(H2,25,26,27,28,29). The maximum Gasteiger partial charge on any atom is 0.266 e. The number of aryl methyl sites for hydroxylation is 1. The Kier molecular flexibility index (Phi) is 5.03. The summed E-state index contributed by atoms with van der Waals surface area (Å²) in [4.78, 5) is 34.2. The summed E-state index contributed by atoms with van der Waals surface area (Å²) in [6, 6.07) is 10.2. The van der Waals surface area contributed by atoms with Crippen molar-refractivity contribution in [3.63, 3.8) is 0 Å². The number of hydrogen-bond acceptors (Lipinski definition) is 6. The fourth-order valence-electron chi connectivity index (χ4n) is 3.77. The molecular formula is C22H17Cl2N7O. The lowest BCUT2D eigenvalue weighted by Gasteiger charge is -2.21. The first kappa shape index (κ1) is 20.4. The number of aromatic amines is 1. The average molecular weight is 466 g/mol. The molecule has 8 nitrogen and oxygen atoms in total. The second-order valence-electron chi connectivity index (χ2n) is 7.40. The van der Waals surface area contributed by atoms with Gasteiger partial charge in [-0.15, -0.1) is 0 Å². The van der Waals surface area contributed by atoms with Crippen LogP contribution < -0.4 is 10.9 Å². The summed E-state index contributed by atoms with van der Waals surface area (Å²) >= 11 is 12.5. The second kappa shape index (κ2) is 7.89. The Bertz CT molecular complexity index is 1520. The molecule has 0 radical (unpaired) electrons. The van der Waals surface area contributed by atoms with Crippen molar-refractivity contribution in [3.8, 4) is 5.69 Å². The molecule has 3 aromatic heterocycles. The number of aromatic nitrogens is 6. The summed E-state index contributed by atoms with van der Waals surface area (Å²) in [5.74, 6) is 1.03. The summed E-state index contributed by atoms with van der Waals surface area (Å²) in [6.07, 6.45) is 2.98. The van der Waals surface area contributed by atoms with E-state index in [1.54, 1.807) is 24.5 Å². The molecule has 32 heavy (non-hydrogen) atoms. The smallest absolute Gasteiger partial charge is 0.266 e. The van der Waals surface area contributed by atoms with Crippen molar-refractivity contribution in [2.75, 3.05) is 5.32 Å². The zero-order chi connectivity index (χ0) is 22.4. The highest BCUT2D eigenvalue weighted by Crippen LogP contribution is 2.27. The van der Waals surface area contributed by atoms with Crippen LogP contribution in [0.5, 0.6) is 0 Å². The molecule has 3 heterocycles. The first-order valence-electron chi connectivity index (χ1n) is 9.81. The van der Waals surface area contributed by atoms with Gasteiger partial charge in [0.25, 0.3) is 5.56 Å². The number of anilines is 1. The van der Waals surface area contributed by atoms with Crippen LogP contribution in [-0.2, 0) is 0 Å². The molecule has 0 bridgehead atoms. The molecule has 0 amide bonds. The van der Waals surface area contributed by atoms with Gasteiger partial charge in [-0.05, 0) is 43.7 Å². The molecule has 1 atom stereocenters. The SMILES string of the molecule is Cc1cccc2nc(C(C)Nc3ncnc4nc[nH]c34)n(-c3cc(Cl)cc(Cl)c3)c(=O)c12. The minimum atomic E-state index is -0.410. The fraction of sp³-hybridized carbons (Fsp3) is 0.136. The van der Waals surface area contributed by atoms with E-state index >= 15 is 0 Å². The van der Waals surface area contributed by atoms with Crippen LogP contribution in [0.15, 0.2) is 53.8 Å². The average Bonchev–Trinajstić information content (AvgIpc) is 3.22. The van der Waals surface area contributed by atoms with E-state index in [4.69, 9.17) is 28.2 Å². The molecule has 1 unspecified atom stereocenters. The van der Waals surface area contributed by atoms with Crippen molar-refractivity contribution in [2.45, 2.75) is 19.9 Å². The third kappa shape index (κ3) is 3.47. The quantitative estimate of drug-likeness (QED) is 0.393. The molecule has 2 aromatic carbocycles. The van der Waals surface area contributed by atoms with Crippen LogP contribution in [0, 0.1) is 6.92 Å². The summed E-state index contributed by atoms with van der Waals surface area (Å²) < 4.78 is 1.54. The van der Waals surface area contributed by atoms with Crippen molar-refractivity contribution < 1.29 is 0 Å². The lowest BCUT2D eigenvalue weighted by atomic mass is 10.1. The highest BCUT2D eigenvalue weighted by Gasteiger charge is 2.21. The Morgan fingerprint density at radius 2 is 1.88 bits per heavy atom. The highest BCUT2D eigenvalue weighted by atomic mass is 35.5. The monoisotopic (exact) mass is 465 g/mol. The van der Waals surface area contributed by atoms with Gasteiger partial charge in [0.2, 0.25) is 0 Å². The van der Waals surface area contributed by atoms with Gasteiger partial charge in [-0.3, -0.25) is 9.36 Å². The highest BCUT2D eigenvalue weighted by molar-refractivity contribution is 6.34. The maximum absolute atomic E-state index is 13.7. The van der Waals surface area contributed by atoms with Gasteiger partial charge in [0.05, 0.1) is 29.0 Å². The predicted octanol–water partition coefficient (Wildman–Crippen LogP) is 4.84. The molecule has 160 valence electrons. The van der Waals surface area contributed by atoms with Gasteiger partial charge in [-0.2, -0.15) is 0 Å². The molecule has 0 saturated carbocycles. The number of imidazole rings is 1. The van der Waals surface area contributed by atoms with Gasteiger partial charge >= 0.3 is 0 Å². The Labute approximate surface area is 192 Å². The van der Waals surface area contributed by atoms with E-state index in [0.717, 1.165) is 5.56 Å². The molecule has 2 N–H and O–H groups in total. The zero-order valence-corrected chi connectivity index (χ0v) is 18.6. The van der Waals surface area contributed by atoms with E-state index in [-0.39, 0.29) is 5.56 Å². The number of nitrogens with zero attached hydrogens (tertiary/aromatic N) is 5. The number of fused-ring (bicyclic) bond motifs is 2. The number of nitrogens with one attached hydrogen (secondary N) is 2. The van der Waals surface area contributed by atoms with Gasteiger partial charge in [-0.1, -0.05) is 35.3 Å². The predicted molar refractivity (Wildman–Crippen MR) is 126 cm³/mol. The van der Waals surface area contributed by atoms with Gasteiger partial charge in [-0.25, -0.2) is 19.9 Å². The lowest BCUT2D eigenvalue weighted by molar-refractivity contribution is 0.731. The van der Waals surface area contributed by atoms with Crippen LogP contribution in [0.1, 0.15) is 24.4 Å². The molecule has 5 rings (SSSR count). The fourth-order valence-corrected chi connectivity index (χ4v) is 4.28. The molecule has 10 heteroatoms. The van der Waals surface area contributed by atoms with Gasteiger partial charge in [0.15, 0.2) is 11.5 Å². The minimum Gasteiger partial charge on any atom is -0.358 e. The van der Waals surface area contributed by atoms with Gasteiger partial charge < -0.3 is 10.3 Å². The van der Waals surface area contributed by atoms with Crippen LogP contribution >= 0.6 is 23.2 Å². The van der Waals surface area contributed by atoms with Gasteiger partial charge in [0.1, 0.15) is 17.7 Å². The number of halogens is 2. The van der Waals surface area contributed by atoms with Crippen LogP contribution in [0.3, 0.4) is 0 Å². The van der Waals surface area contributed by atoms with Crippen molar-refractivity contribution in [1.29, 1.82) is 0 Å². The van der Waals surface area contributed by atoms with E-state index < -0.39 is 6.04 Å². The lowest BCUT2D eigenvalue weighted by Crippen LogP contribution is -2.28. The second-order valence-corrected chi connectivity index (χ2v) is 8.27.